The number of fused-ring (bicyclic) bond motifs is 3. The largest absolute Gasteiger partial charge is 0.494 e. The van der Waals surface area contributed by atoms with Gasteiger partial charge in [-0.25, -0.2) is 4.99 Å². The van der Waals surface area contributed by atoms with Gasteiger partial charge in [0.25, 0.3) is 5.91 Å². The molecular formula is C23H21N5O3. The fourth-order valence-corrected chi connectivity index (χ4v) is 4.72. The highest BCUT2D eigenvalue weighted by Crippen LogP contribution is 2.41. The lowest BCUT2D eigenvalue weighted by Gasteiger charge is -2.08. The molecule has 3 aromatic rings. The monoisotopic (exact) mass is 415 g/mol. The summed E-state index contributed by atoms with van der Waals surface area (Å²) in [5.41, 5.74) is 3.92. The highest BCUT2D eigenvalue weighted by atomic mass is 16.6. The van der Waals surface area contributed by atoms with Gasteiger partial charge in [0.15, 0.2) is 12.5 Å². The molecule has 0 radical (unpaired) electrons. The summed E-state index contributed by atoms with van der Waals surface area (Å²) in [6.07, 6.45) is 0. The van der Waals surface area contributed by atoms with Gasteiger partial charge in [0, 0.05) is 35.6 Å². The first-order chi connectivity index (χ1) is 15.2. The van der Waals surface area contributed by atoms with Crippen molar-refractivity contribution in [1.82, 2.24) is 15.6 Å². The molecule has 8 nitrogen and oxygen atoms in total. The predicted molar refractivity (Wildman–Crippen MR) is 117 cm³/mol. The van der Waals surface area contributed by atoms with Gasteiger partial charge in [-0.15, -0.1) is 0 Å². The van der Waals surface area contributed by atoms with Crippen molar-refractivity contribution in [2.24, 2.45) is 22.0 Å². The molecule has 4 N–H and O–H groups in total. The van der Waals surface area contributed by atoms with Gasteiger partial charge in [-0.2, -0.15) is 0 Å². The number of piperidine rings is 1. The van der Waals surface area contributed by atoms with E-state index in [1.807, 2.05) is 48.5 Å². The Kier molecular flexibility index (Phi) is 4.07. The van der Waals surface area contributed by atoms with Gasteiger partial charge in [-0.05, 0) is 24.0 Å². The minimum Gasteiger partial charge on any atom is -0.494 e. The number of nitrogens with zero attached hydrogens (tertiary/aromatic N) is 2. The molecule has 3 aliphatic rings. The zero-order valence-electron chi connectivity index (χ0n) is 16.6. The summed E-state index contributed by atoms with van der Waals surface area (Å²) in [6, 6.07) is 15.4. The number of carbonyl (C=O) groups is 1. The third-order valence-electron chi connectivity index (χ3n) is 6.31. The number of aromatic hydroxyl groups is 1. The van der Waals surface area contributed by atoms with Gasteiger partial charge < -0.3 is 25.6 Å². The van der Waals surface area contributed by atoms with E-state index >= 15 is 0 Å². The second-order valence-corrected chi connectivity index (χ2v) is 8.16. The molecule has 0 spiro atoms. The maximum absolute atomic E-state index is 12.3. The number of amides is 1. The Labute approximate surface area is 178 Å². The van der Waals surface area contributed by atoms with Gasteiger partial charge in [-0.3, -0.25) is 4.79 Å². The Bertz CT molecular complexity index is 1250. The van der Waals surface area contributed by atoms with Crippen molar-refractivity contribution in [2.45, 2.75) is 6.04 Å². The van der Waals surface area contributed by atoms with E-state index in [0.29, 0.717) is 28.8 Å². The number of rotatable bonds is 5. The number of aromatic nitrogens is 1. The number of aromatic amines is 1. The number of hydrogen-bond donors (Lipinski definition) is 4. The summed E-state index contributed by atoms with van der Waals surface area (Å²) < 4.78 is 0. The molecule has 1 saturated carbocycles. The van der Waals surface area contributed by atoms with E-state index < -0.39 is 0 Å². The van der Waals surface area contributed by atoms with Crippen LogP contribution in [0.3, 0.4) is 0 Å². The van der Waals surface area contributed by atoms with Crippen molar-refractivity contribution in [2.75, 3.05) is 19.7 Å². The van der Waals surface area contributed by atoms with Crippen molar-refractivity contribution >= 4 is 33.9 Å². The van der Waals surface area contributed by atoms with Crippen LogP contribution in [-0.4, -0.2) is 53.2 Å². The normalized spacial score (nSPS) is 24.7. The van der Waals surface area contributed by atoms with Crippen LogP contribution in [0.1, 0.15) is 11.1 Å². The summed E-state index contributed by atoms with van der Waals surface area (Å²) in [5.74, 6) is 0.927. The fourth-order valence-electron chi connectivity index (χ4n) is 4.72. The summed E-state index contributed by atoms with van der Waals surface area (Å²) in [5, 5.41) is 22.0. The molecule has 3 heterocycles. The lowest BCUT2D eigenvalue weighted by atomic mass is 10.0. The van der Waals surface area contributed by atoms with Crippen LogP contribution >= 0.6 is 0 Å². The van der Waals surface area contributed by atoms with Crippen molar-refractivity contribution in [1.29, 1.82) is 0 Å². The van der Waals surface area contributed by atoms with Crippen LogP contribution in [0.5, 0.6) is 5.88 Å². The Morgan fingerprint density at radius 2 is 1.94 bits per heavy atom. The van der Waals surface area contributed by atoms with E-state index in [2.05, 4.69) is 20.8 Å². The number of H-pyrrole nitrogens is 1. The molecule has 2 fully saturated rings. The molecule has 1 aromatic heterocycles. The van der Waals surface area contributed by atoms with Crippen molar-refractivity contribution < 1.29 is 14.7 Å². The zero-order valence-corrected chi connectivity index (χ0v) is 16.6. The molecule has 1 amide bonds. The molecule has 3 atom stereocenters. The SMILES string of the molecule is O=C(CON=C1C(c2c(O)[nH]c3ccccc23)=Nc2ccccc21)NC1[C@H]2CNC[C@@H]12. The Morgan fingerprint density at radius 3 is 2.81 bits per heavy atom. The molecule has 6 rings (SSSR count). The predicted octanol–water partition coefficient (Wildman–Crippen LogP) is 2.06. The molecule has 2 aliphatic heterocycles. The quantitative estimate of drug-likeness (QED) is 0.478. The molecule has 2 aromatic carbocycles. The molecule has 8 heteroatoms. The lowest BCUT2D eigenvalue weighted by molar-refractivity contribution is -0.125. The van der Waals surface area contributed by atoms with Crippen LogP contribution in [-0.2, 0) is 9.63 Å². The number of carbonyl (C=O) groups excluding carboxylic acids is 1. The topological polar surface area (TPSA) is 111 Å². The smallest absolute Gasteiger partial charge is 0.261 e. The molecule has 31 heavy (non-hydrogen) atoms. The standard InChI is InChI=1S/C23H21N5O3/c29-18(27-20-14-9-24-10-15(14)20)11-31-28-21-13-6-2-4-8-17(13)25-22(21)19-12-5-1-3-7-16(12)26-23(19)30/h1-8,14-15,20,24,26,30H,9-11H2,(H,27,29)/t14-,15+,20?. The van der Waals surface area contributed by atoms with Crippen LogP contribution in [0.25, 0.3) is 10.9 Å². The second kappa shape index (κ2) is 6.95. The first kappa shape index (κ1) is 18.1. The summed E-state index contributed by atoms with van der Waals surface area (Å²) in [6.45, 7) is 1.76. The summed E-state index contributed by atoms with van der Waals surface area (Å²) >= 11 is 0. The average Bonchev–Trinajstić information content (AvgIpc) is 3.15. The number of oxime groups is 1. The van der Waals surface area contributed by atoms with Crippen molar-refractivity contribution in [3.8, 4) is 5.88 Å². The highest BCUT2D eigenvalue weighted by Gasteiger charge is 2.53. The molecule has 1 unspecified atom stereocenters. The third-order valence-corrected chi connectivity index (χ3v) is 6.31. The number of benzene rings is 2. The van der Waals surface area contributed by atoms with Crippen LogP contribution < -0.4 is 10.6 Å². The van der Waals surface area contributed by atoms with Gasteiger partial charge in [0.2, 0.25) is 0 Å². The van der Waals surface area contributed by atoms with Crippen molar-refractivity contribution in [3.05, 3.63) is 59.7 Å². The van der Waals surface area contributed by atoms with Gasteiger partial charge >= 0.3 is 0 Å². The fraction of sp³-hybridized carbons (Fsp3) is 0.261. The number of para-hydroxylation sites is 2. The van der Waals surface area contributed by atoms with Crippen molar-refractivity contribution in [3.63, 3.8) is 0 Å². The zero-order chi connectivity index (χ0) is 20.9. The Hall–Kier alpha value is -3.65. The molecule has 1 aliphatic carbocycles. The first-order valence-corrected chi connectivity index (χ1v) is 10.4. The average molecular weight is 415 g/mol. The van der Waals surface area contributed by atoms with Crippen LogP contribution in [0, 0.1) is 11.8 Å². The number of hydrogen-bond acceptors (Lipinski definition) is 6. The molecular weight excluding hydrogens is 394 g/mol. The van der Waals surface area contributed by atoms with E-state index in [9.17, 15) is 9.90 Å². The minimum absolute atomic E-state index is 0.0204. The second-order valence-electron chi connectivity index (χ2n) is 8.16. The Balaban J connectivity index is 1.27. The molecule has 1 saturated heterocycles. The molecule has 0 bridgehead atoms. The third kappa shape index (κ3) is 2.98. The van der Waals surface area contributed by atoms with Gasteiger partial charge in [0.05, 0.1) is 11.3 Å². The van der Waals surface area contributed by atoms with Crippen LogP contribution in [0.2, 0.25) is 0 Å². The van der Waals surface area contributed by atoms with Crippen LogP contribution in [0.4, 0.5) is 5.69 Å². The maximum atomic E-state index is 12.3. The Morgan fingerprint density at radius 1 is 1.16 bits per heavy atom. The van der Waals surface area contributed by atoms with E-state index in [1.165, 1.54) is 0 Å². The summed E-state index contributed by atoms with van der Waals surface area (Å²) in [4.78, 5) is 25.4. The molecule has 156 valence electrons. The first-order valence-electron chi connectivity index (χ1n) is 10.4. The maximum Gasteiger partial charge on any atom is 0.261 e. The van der Waals surface area contributed by atoms with Crippen LogP contribution in [0.15, 0.2) is 58.7 Å². The van der Waals surface area contributed by atoms with Gasteiger partial charge in [0.1, 0.15) is 11.4 Å². The number of aliphatic imine (C=N–C) groups is 1. The van der Waals surface area contributed by atoms with E-state index in [0.717, 1.165) is 35.2 Å². The number of nitrogens with one attached hydrogen (secondary N) is 3. The van der Waals surface area contributed by atoms with E-state index in [4.69, 9.17) is 9.83 Å². The van der Waals surface area contributed by atoms with Gasteiger partial charge in [-0.1, -0.05) is 41.6 Å². The highest BCUT2D eigenvalue weighted by molar-refractivity contribution is 6.58. The van der Waals surface area contributed by atoms with E-state index in [-0.39, 0.29) is 24.4 Å². The van der Waals surface area contributed by atoms with E-state index in [1.54, 1.807) is 0 Å². The minimum atomic E-state index is -0.177. The lowest BCUT2D eigenvalue weighted by Crippen LogP contribution is -2.34. The summed E-state index contributed by atoms with van der Waals surface area (Å²) in [7, 11) is 0.